The zero-order valence-electron chi connectivity index (χ0n) is 12.3. The minimum Gasteiger partial charge on any atom is -0.480 e. The van der Waals surface area contributed by atoms with E-state index in [4.69, 9.17) is 11.6 Å². The fourth-order valence-electron chi connectivity index (χ4n) is 3.13. The molecule has 1 saturated heterocycles. The lowest BCUT2D eigenvalue weighted by atomic mass is 9.93. The molecule has 112 valence electrons. The number of carboxylic acid groups (broad SMARTS) is 1. The van der Waals surface area contributed by atoms with Gasteiger partial charge in [-0.2, -0.15) is 5.10 Å². The van der Waals surface area contributed by atoms with E-state index in [0.29, 0.717) is 24.4 Å². The van der Waals surface area contributed by atoms with Gasteiger partial charge in [-0.25, -0.2) is 0 Å². The number of carboxylic acids is 1. The third kappa shape index (κ3) is 2.33. The second-order valence-electron chi connectivity index (χ2n) is 5.40. The van der Waals surface area contributed by atoms with Crippen molar-refractivity contribution in [1.29, 1.82) is 0 Å². The number of nitrogens with zero attached hydrogens (tertiary/aromatic N) is 3. The molecule has 0 spiro atoms. The summed E-state index contributed by atoms with van der Waals surface area (Å²) in [6.45, 7) is 5.29. The monoisotopic (exact) mass is 299 g/mol. The van der Waals surface area contributed by atoms with Crippen LogP contribution in [0.3, 0.4) is 0 Å². The highest BCUT2D eigenvalue weighted by Crippen LogP contribution is 2.35. The number of aliphatic carboxylic acids is 1. The number of hydrogen-bond acceptors (Lipinski definition) is 3. The standard InChI is InChI=1S/C14H22ClN3O2/c1-4-10-12(15)11(17(3)16-10)9-18-8-6-7-14(18,5-2)13(19)20/h4-9H2,1-3H3,(H,19,20). The van der Waals surface area contributed by atoms with Crippen molar-refractivity contribution in [3.63, 3.8) is 0 Å². The molecule has 0 bridgehead atoms. The van der Waals surface area contributed by atoms with Crippen LogP contribution in [0, 0.1) is 0 Å². The number of halogens is 1. The predicted molar refractivity (Wildman–Crippen MR) is 77.9 cm³/mol. The first-order valence-electron chi connectivity index (χ1n) is 7.15. The third-order valence-electron chi connectivity index (χ3n) is 4.45. The van der Waals surface area contributed by atoms with Crippen LogP contribution in [0.1, 0.15) is 44.5 Å². The molecule has 6 heteroatoms. The molecule has 20 heavy (non-hydrogen) atoms. The average Bonchev–Trinajstić information content (AvgIpc) is 2.95. The molecule has 1 aliphatic rings. The molecule has 1 aliphatic heterocycles. The quantitative estimate of drug-likeness (QED) is 0.907. The van der Waals surface area contributed by atoms with Gasteiger partial charge in [0, 0.05) is 13.6 Å². The Labute approximate surface area is 124 Å². The van der Waals surface area contributed by atoms with Crippen molar-refractivity contribution in [3.8, 4) is 0 Å². The van der Waals surface area contributed by atoms with Gasteiger partial charge in [0.15, 0.2) is 0 Å². The molecule has 0 aromatic carbocycles. The Bertz CT molecular complexity index is 515. The molecule has 1 unspecified atom stereocenters. The van der Waals surface area contributed by atoms with Crippen LogP contribution in [0.15, 0.2) is 0 Å². The van der Waals surface area contributed by atoms with Gasteiger partial charge in [0.2, 0.25) is 0 Å². The molecule has 2 heterocycles. The Morgan fingerprint density at radius 1 is 1.50 bits per heavy atom. The van der Waals surface area contributed by atoms with E-state index in [0.717, 1.165) is 30.8 Å². The molecule has 1 fully saturated rings. The lowest BCUT2D eigenvalue weighted by Gasteiger charge is -2.33. The van der Waals surface area contributed by atoms with Crippen molar-refractivity contribution >= 4 is 17.6 Å². The van der Waals surface area contributed by atoms with Crippen molar-refractivity contribution in [2.75, 3.05) is 6.54 Å². The smallest absolute Gasteiger partial charge is 0.324 e. The molecule has 0 radical (unpaired) electrons. The molecule has 0 saturated carbocycles. The second kappa shape index (κ2) is 5.74. The van der Waals surface area contributed by atoms with Crippen LogP contribution in [-0.2, 0) is 24.8 Å². The van der Waals surface area contributed by atoms with Gasteiger partial charge in [-0.1, -0.05) is 25.4 Å². The Kier molecular flexibility index (Phi) is 4.39. The highest BCUT2D eigenvalue weighted by atomic mass is 35.5. The van der Waals surface area contributed by atoms with Gasteiger partial charge >= 0.3 is 5.97 Å². The maximum absolute atomic E-state index is 11.7. The summed E-state index contributed by atoms with van der Waals surface area (Å²) < 4.78 is 1.78. The largest absolute Gasteiger partial charge is 0.480 e. The number of aromatic nitrogens is 2. The van der Waals surface area contributed by atoms with E-state index in [9.17, 15) is 9.90 Å². The van der Waals surface area contributed by atoms with E-state index in [1.165, 1.54) is 0 Å². The lowest BCUT2D eigenvalue weighted by Crippen LogP contribution is -2.49. The number of rotatable bonds is 5. The maximum Gasteiger partial charge on any atom is 0.324 e. The van der Waals surface area contributed by atoms with Crippen LogP contribution in [0.2, 0.25) is 5.02 Å². The van der Waals surface area contributed by atoms with Crippen LogP contribution >= 0.6 is 11.6 Å². The highest BCUT2D eigenvalue weighted by Gasteiger charge is 2.46. The molecule has 0 aliphatic carbocycles. The van der Waals surface area contributed by atoms with Crippen LogP contribution in [0.25, 0.3) is 0 Å². The summed E-state index contributed by atoms with van der Waals surface area (Å²) in [6.07, 6.45) is 3.01. The van der Waals surface area contributed by atoms with Crippen molar-refractivity contribution in [2.45, 2.75) is 51.6 Å². The first-order chi connectivity index (χ1) is 9.46. The average molecular weight is 300 g/mol. The summed E-state index contributed by atoms with van der Waals surface area (Å²) >= 11 is 6.37. The third-order valence-corrected chi connectivity index (χ3v) is 4.89. The summed E-state index contributed by atoms with van der Waals surface area (Å²) in [5.74, 6) is -0.730. The Hall–Kier alpha value is -1.07. The van der Waals surface area contributed by atoms with E-state index in [-0.39, 0.29) is 0 Å². The van der Waals surface area contributed by atoms with Crippen LogP contribution in [-0.4, -0.2) is 37.8 Å². The minimum atomic E-state index is -0.750. The topological polar surface area (TPSA) is 58.4 Å². The summed E-state index contributed by atoms with van der Waals surface area (Å²) in [5, 5.41) is 14.7. The van der Waals surface area contributed by atoms with Gasteiger partial charge in [-0.15, -0.1) is 0 Å². The summed E-state index contributed by atoms with van der Waals surface area (Å²) in [5.41, 5.74) is 1.03. The normalized spacial score (nSPS) is 23.4. The van der Waals surface area contributed by atoms with Gasteiger partial charge in [0.05, 0.1) is 16.4 Å². The van der Waals surface area contributed by atoms with Crippen LogP contribution in [0.5, 0.6) is 0 Å². The predicted octanol–water partition coefficient (Wildman–Crippen LogP) is 2.47. The van der Waals surface area contributed by atoms with E-state index < -0.39 is 11.5 Å². The van der Waals surface area contributed by atoms with Crippen molar-refractivity contribution < 1.29 is 9.90 Å². The van der Waals surface area contributed by atoms with E-state index in [1.54, 1.807) is 4.68 Å². The molecule has 1 N–H and O–H groups in total. The Morgan fingerprint density at radius 3 is 2.70 bits per heavy atom. The second-order valence-corrected chi connectivity index (χ2v) is 5.78. The zero-order chi connectivity index (χ0) is 14.9. The maximum atomic E-state index is 11.7. The lowest BCUT2D eigenvalue weighted by molar-refractivity contribution is -0.150. The molecular weight excluding hydrogens is 278 g/mol. The van der Waals surface area contributed by atoms with E-state index in [2.05, 4.69) is 5.10 Å². The first kappa shape index (κ1) is 15.3. The summed E-state index contributed by atoms with van der Waals surface area (Å²) in [6, 6.07) is 0. The Morgan fingerprint density at radius 2 is 2.20 bits per heavy atom. The van der Waals surface area contributed by atoms with Gasteiger partial charge in [0.1, 0.15) is 5.54 Å². The van der Waals surface area contributed by atoms with Crippen molar-refractivity contribution in [2.24, 2.45) is 7.05 Å². The minimum absolute atomic E-state index is 0.544. The van der Waals surface area contributed by atoms with Gasteiger partial charge < -0.3 is 5.11 Å². The fourth-order valence-corrected chi connectivity index (χ4v) is 3.48. The van der Waals surface area contributed by atoms with Gasteiger partial charge in [0.25, 0.3) is 0 Å². The number of carbonyl (C=O) groups is 1. The van der Waals surface area contributed by atoms with E-state index in [1.807, 2.05) is 25.8 Å². The molecule has 1 aromatic rings. The fraction of sp³-hybridized carbons (Fsp3) is 0.714. The number of aryl methyl sites for hydroxylation is 2. The van der Waals surface area contributed by atoms with E-state index >= 15 is 0 Å². The summed E-state index contributed by atoms with van der Waals surface area (Å²) in [4.78, 5) is 13.7. The van der Waals surface area contributed by atoms with Gasteiger partial charge in [-0.05, 0) is 32.2 Å². The summed E-state index contributed by atoms with van der Waals surface area (Å²) in [7, 11) is 1.87. The molecule has 1 aromatic heterocycles. The first-order valence-corrected chi connectivity index (χ1v) is 7.52. The molecule has 5 nitrogen and oxygen atoms in total. The molecular formula is C14H22ClN3O2. The van der Waals surface area contributed by atoms with Gasteiger partial charge in [-0.3, -0.25) is 14.4 Å². The highest BCUT2D eigenvalue weighted by molar-refractivity contribution is 6.31. The van der Waals surface area contributed by atoms with Crippen molar-refractivity contribution in [1.82, 2.24) is 14.7 Å². The van der Waals surface area contributed by atoms with Crippen LogP contribution in [0.4, 0.5) is 0 Å². The SMILES string of the molecule is CCc1nn(C)c(CN2CCCC2(CC)C(=O)O)c1Cl. The molecule has 0 amide bonds. The molecule has 1 atom stereocenters. The number of likely N-dealkylation sites (tertiary alicyclic amines) is 1. The zero-order valence-corrected chi connectivity index (χ0v) is 13.1. The van der Waals surface area contributed by atoms with Crippen LogP contribution < -0.4 is 0 Å². The number of hydrogen-bond donors (Lipinski definition) is 1. The Balaban J connectivity index is 2.30. The molecule has 2 rings (SSSR count). The van der Waals surface area contributed by atoms with Crippen molar-refractivity contribution in [3.05, 3.63) is 16.4 Å².